The predicted molar refractivity (Wildman–Crippen MR) is 94.6 cm³/mol. The molecule has 0 fully saturated rings. The molecule has 0 spiro atoms. The fourth-order valence-electron chi connectivity index (χ4n) is 1.25. The lowest BCUT2D eigenvalue weighted by atomic mass is 10.1. The van der Waals surface area contributed by atoms with Gasteiger partial charge in [0.05, 0.1) is 0 Å². The van der Waals surface area contributed by atoms with Gasteiger partial charge in [0.2, 0.25) is 0 Å². The van der Waals surface area contributed by atoms with Gasteiger partial charge in [0.1, 0.15) is 0 Å². The minimum atomic E-state index is 0. The van der Waals surface area contributed by atoms with E-state index >= 15 is 0 Å². The zero-order valence-electron chi connectivity index (χ0n) is 12.6. The summed E-state index contributed by atoms with van der Waals surface area (Å²) < 4.78 is 0. The molecule has 20 heavy (non-hydrogen) atoms. The third-order valence-electron chi connectivity index (χ3n) is 2.37. The molecular weight excluding hydrogens is 240 g/mol. The first kappa shape index (κ1) is 20.6. The van der Waals surface area contributed by atoms with Crippen molar-refractivity contribution in [2.24, 2.45) is 0 Å². The van der Waals surface area contributed by atoms with Gasteiger partial charge < -0.3 is 0 Å². The number of allylic oxidation sites excluding steroid dienone is 8. The van der Waals surface area contributed by atoms with Crippen molar-refractivity contribution in [2.45, 2.75) is 53.9 Å². The zero-order valence-corrected chi connectivity index (χ0v) is 12.6. The Kier molecular flexibility index (Phi) is 14.1. The number of rotatable bonds is 3. The Labute approximate surface area is 126 Å². The Hall–Kier alpha value is -1.74. The van der Waals surface area contributed by atoms with E-state index in [0.717, 1.165) is 30.4 Å². The first-order valence-electron chi connectivity index (χ1n) is 7.06. The first-order valence-corrected chi connectivity index (χ1v) is 7.06. The summed E-state index contributed by atoms with van der Waals surface area (Å²) >= 11 is 0. The standard InChI is InChI=1S/C16H18.C3H8.CH4/c1-4-14(2)10-11-15(3)12-13-16-8-6-5-7-9-16;1-3-2;/h5-6,8,10-11H,2-4,7,9H2,1H3;3H2,1-2H3;1H4/b11-10-;;. The van der Waals surface area contributed by atoms with Crippen LogP contribution < -0.4 is 0 Å². The molecule has 0 aromatic carbocycles. The van der Waals surface area contributed by atoms with Gasteiger partial charge >= 0.3 is 0 Å². The van der Waals surface area contributed by atoms with Gasteiger partial charge in [-0.2, -0.15) is 0 Å². The van der Waals surface area contributed by atoms with E-state index in [1.807, 2.05) is 12.2 Å². The summed E-state index contributed by atoms with van der Waals surface area (Å²) in [5.74, 6) is 6.20. The third kappa shape index (κ3) is 11.4. The molecule has 0 heteroatoms. The van der Waals surface area contributed by atoms with Crippen molar-refractivity contribution in [1.29, 1.82) is 0 Å². The quantitative estimate of drug-likeness (QED) is 0.411. The molecule has 0 heterocycles. The SMILES string of the molecule is C.C=C(C#CC1=CC=CCC1)/C=C\C(=C)CC.CCC. The number of hydrogen-bond donors (Lipinski definition) is 0. The summed E-state index contributed by atoms with van der Waals surface area (Å²) in [4.78, 5) is 0. The lowest BCUT2D eigenvalue weighted by molar-refractivity contribution is 1.000. The minimum absolute atomic E-state index is 0. The lowest BCUT2D eigenvalue weighted by Crippen LogP contribution is -1.83. The van der Waals surface area contributed by atoms with Crippen LogP contribution >= 0.6 is 0 Å². The summed E-state index contributed by atoms with van der Waals surface area (Å²) in [6.45, 7) is 14.1. The van der Waals surface area contributed by atoms with Crippen molar-refractivity contribution >= 4 is 0 Å². The molecule has 0 aromatic rings. The molecule has 0 aliphatic heterocycles. The second kappa shape index (κ2) is 13.7. The predicted octanol–water partition coefficient (Wildman–Crippen LogP) is 6.40. The van der Waals surface area contributed by atoms with E-state index in [4.69, 9.17) is 0 Å². The van der Waals surface area contributed by atoms with E-state index < -0.39 is 0 Å². The van der Waals surface area contributed by atoms with Gasteiger partial charge in [-0.1, -0.05) is 89.5 Å². The summed E-state index contributed by atoms with van der Waals surface area (Å²) in [5.41, 5.74) is 3.12. The topological polar surface area (TPSA) is 0 Å². The van der Waals surface area contributed by atoms with Crippen LogP contribution in [0.1, 0.15) is 53.9 Å². The van der Waals surface area contributed by atoms with E-state index in [-0.39, 0.29) is 7.43 Å². The van der Waals surface area contributed by atoms with Crippen molar-refractivity contribution < 1.29 is 0 Å². The smallest absolute Gasteiger partial charge is 0.0177 e. The normalized spacial score (nSPS) is 12.2. The van der Waals surface area contributed by atoms with Crippen molar-refractivity contribution in [3.63, 3.8) is 0 Å². The van der Waals surface area contributed by atoms with Crippen molar-refractivity contribution in [2.75, 3.05) is 0 Å². The highest BCUT2D eigenvalue weighted by Crippen LogP contribution is 2.10. The Morgan fingerprint density at radius 1 is 1.25 bits per heavy atom. The Bertz CT molecular complexity index is 430. The van der Waals surface area contributed by atoms with Gasteiger partial charge in [0.25, 0.3) is 0 Å². The molecule has 1 rings (SSSR count). The third-order valence-corrected chi connectivity index (χ3v) is 2.37. The summed E-state index contributed by atoms with van der Waals surface area (Å²) in [6, 6.07) is 0. The second-order valence-corrected chi connectivity index (χ2v) is 4.49. The van der Waals surface area contributed by atoms with Crippen LogP contribution in [-0.2, 0) is 0 Å². The van der Waals surface area contributed by atoms with Crippen LogP contribution in [0.4, 0.5) is 0 Å². The van der Waals surface area contributed by atoms with E-state index in [9.17, 15) is 0 Å². The molecule has 0 nitrogen and oxygen atoms in total. The molecule has 0 bridgehead atoms. The van der Waals surface area contributed by atoms with Crippen LogP contribution in [-0.4, -0.2) is 0 Å². The fourth-order valence-corrected chi connectivity index (χ4v) is 1.25. The zero-order chi connectivity index (χ0) is 14.5. The van der Waals surface area contributed by atoms with Crippen LogP contribution in [0.2, 0.25) is 0 Å². The van der Waals surface area contributed by atoms with Gasteiger partial charge in [0, 0.05) is 11.1 Å². The Morgan fingerprint density at radius 2 is 1.90 bits per heavy atom. The van der Waals surface area contributed by atoms with Gasteiger partial charge in [-0.15, -0.1) is 0 Å². The lowest BCUT2D eigenvalue weighted by Gasteiger charge is -1.99. The monoisotopic (exact) mass is 270 g/mol. The molecule has 0 saturated carbocycles. The van der Waals surface area contributed by atoms with E-state index in [0.29, 0.717) is 0 Å². The van der Waals surface area contributed by atoms with E-state index in [1.54, 1.807) is 0 Å². The maximum absolute atomic E-state index is 3.90. The second-order valence-electron chi connectivity index (χ2n) is 4.49. The highest BCUT2D eigenvalue weighted by atomic mass is 14.0. The maximum Gasteiger partial charge on any atom is 0.0177 e. The van der Waals surface area contributed by atoms with Crippen LogP contribution in [0, 0.1) is 11.8 Å². The van der Waals surface area contributed by atoms with Crippen molar-refractivity contribution in [3.8, 4) is 11.8 Å². The van der Waals surface area contributed by atoms with Gasteiger partial charge in [-0.05, 0) is 25.3 Å². The molecule has 1 aliphatic carbocycles. The van der Waals surface area contributed by atoms with Crippen LogP contribution in [0.3, 0.4) is 0 Å². The summed E-state index contributed by atoms with van der Waals surface area (Å²) in [6.07, 6.45) is 14.5. The molecule has 0 amide bonds. The minimum Gasteiger partial charge on any atom is -0.0958 e. The maximum atomic E-state index is 3.90. The Balaban J connectivity index is 0. The average Bonchev–Trinajstić information content (AvgIpc) is 2.44. The number of hydrogen-bond acceptors (Lipinski definition) is 0. The molecular formula is C20H30. The fraction of sp³-hybridized carbons (Fsp3) is 0.400. The van der Waals surface area contributed by atoms with Crippen LogP contribution in [0.15, 0.2) is 60.3 Å². The molecule has 0 unspecified atom stereocenters. The molecule has 110 valence electrons. The molecule has 0 aromatic heterocycles. The Morgan fingerprint density at radius 3 is 2.40 bits per heavy atom. The van der Waals surface area contributed by atoms with Gasteiger partial charge in [-0.3, -0.25) is 0 Å². The summed E-state index contributed by atoms with van der Waals surface area (Å²) in [5, 5.41) is 0. The molecule has 0 radical (unpaired) electrons. The summed E-state index contributed by atoms with van der Waals surface area (Å²) in [7, 11) is 0. The molecule has 0 atom stereocenters. The average molecular weight is 270 g/mol. The van der Waals surface area contributed by atoms with Gasteiger partial charge in [0.15, 0.2) is 0 Å². The molecule has 0 N–H and O–H groups in total. The molecule has 1 aliphatic rings. The van der Waals surface area contributed by atoms with Gasteiger partial charge in [-0.25, -0.2) is 0 Å². The van der Waals surface area contributed by atoms with Crippen LogP contribution in [0.25, 0.3) is 0 Å². The first-order chi connectivity index (χ1) is 9.13. The highest BCUT2D eigenvalue weighted by Gasteiger charge is 1.93. The van der Waals surface area contributed by atoms with E-state index in [2.05, 4.69) is 64.0 Å². The van der Waals surface area contributed by atoms with Crippen LogP contribution in [0.5, 0.6) is 0 Å². The molecule has 0 saturated heterocycles. The van der Waals surface area contributed by atoms with E-state index in [1.165, 1.54) is 12.0 Å². The van der Waals surface area contributed by atoms with Crippen molar-refractivity contribution in [3.05, 3.63) is 60.3 Å². The largest absolute Gasteiger partial charge is 0.0958 e. The highest BCUT2D eigenvalue weighted by molar-refractivity contribution is 5.44. The van der Waals surface area contributed by atoms with Crippen molar-refractivity contribution in [1.82, 2.24) is 0 Å².